The van der Waals surface area contributed by atoms with E-state index >= 15 is 0 Å². The molecule has 0 saturated carbocycles. The summed E-state index contributed by atoms with van der Waals surface area (Å²) < 4.78 is 27.4. The fourth-order valence-corrected chi connectivity index (χ4v) is 7.52. The lowest BCUT2D eigenvalue weighted by atomic mass is 10.0. The number of aromatic amines is 2. The molecule has 6 aromatic heterocycles. The van der Waals surface area contributed by atoms with Crippen LogP contribution < -0.4 is 11.1 Å². The van der Waals surface area contributed by atoms with E-state index in [0.717, 1.165) is 60.4 Å². The topological polar surface area (TPSA) is 176 Å². The van der Waals surface area contributed by atoms with Gasteiger partial charge in [-0.1, -0.05) is 35.3 Å². The molecule has 11 nitrogen and oxygen atoms in total. The number of hydrogen-bond acceptors (Lipinski definition) is 7. The minimum absolute atomic E-state index is 0.0991. The fraction of sp³-hybridized carbons (Fsp3) is 0.0800. The zero-order valence-corrected chi connectivity index (χ0v) is 35.8. The summed E-state index contributed by atoms with van der Waals surface area (Å²) in [5, 5.41) is 16.8. The molecule has 15 heteroatoms. The second kappa shape index (κ2) is 19.9. The van der Waals surface area contributed by atoms with Gasteiger partial charge in [-0.25, -0.2) is 13.6 Å². The van der Waals surface area contributed by atoms with Gasteiger partial charge in [0.2, 0.25) is 0 Å². The van der Waals surface area contributed by atoms with Crippen LogP contribution in [0.1, 0.15) is 54.4 Å². The average Bonchev–Trinajstić information content (AvgIpc) is 3.97. The smallest absolute Gasteiger partial charge is 0.335 e. The molecule has 0 atom stereocenters. The number of rotatable bonds is 9. The van der Waals surface area contributed by atoms with E-state index in [0.29, 0.717) is 45.3 Å². The van der Waals surface area contributed by atoms with Crippen molar-refractivity contribution in [1.29, 1.82) is 0 Å². The van der Waals surface area contributed by atoms with Crippen LogP contribution in [-0.4, -0.2) is 46.9 Å². The molecule has 0 aliphatic heterocycles. The zero-order valence-electron chi connectivity index (χ0n) is 34.3. The first-order valence-corrected chi connectivity index (χ1v) is 20.9. The summed E-state index contributed by atoms with van der Waals surface area (Å²) in [6, 6.07) is 32.2. The highest BCUT2D eigenvalue weighted by atomic mass is 35.5. The molecule has 0 saturated heterocycles. The lowest BCUT2D eigenvalue weighted by Crippen LogP contribution is -2.23. The predicted molar refractivity (Wildman–Crippen MR) is 250 cm³/mol. The molecule has 0 aliphatic carbocycles. The van der Waals surface area contributed by atoms with Crippen LogP contribution >= 0.6 is 23.2 Å². The molecule has 10 rings (SSSR count). The van der Waals surface area contributed by atoms with Gasteiger partial charge in [0.05, 0.1) is 26.6 Å². The number of fused-ring (bicyclic) bond motifs is 4. The standard InChI is InChI=1S/C25H18ClFN4O.C16H11ClN2O2.C9H9FN2/c26-20-10-18-7-15(1-2-23(18)30-14-20)8-21-11-17(4-5-28-21)25(32)31-13-19-9-16-3-6-29-24(16)12-22(19)27;17-13-7-12-5-10(1-2-15(12)19-9-13)6-14-8-11(16(20)21)3-4-18-14;10-8-4-9-6(1-2-12-9)3-7(8)5-11/h1-7,9-12,14,29H,8,13H2,(H,31,32);1-5,7-9H,6H2,(H,20,21);1-4,12H,5,11H2. The normalized spacial score (nSPS) is 11.0. The summed E-state index contributed by atoms with van der Waals surface area (Å²) in [7, 11) is 0. The summed E-state index contributed by atoms with van der Waals surface area (Å²) >= 11 is 12.0. The fourth-order valence-electron chi connectivity index (χ4n) is 7.18. The number of nitrogens with zero attached hydrogens (tertiary/aromatic N) is 4. The number of carboxylic acid groups (broad SMARTS) is 1. The molecule has 1 amide bonds. The number of aromatic nitrogens is 6. The molecule has 6 N–H and O–H groups in total. The second-order valence-corrected chi connectivity index (χ2v) is 15.9. The maximum Gasteiger partial charge on any atom is 0.335 e. The molecule has 4 aromatic carbocycles. The Morgan fingerprint density at radius 1 is 0.600 bits per heavy atom. The van der Waals surface area contributed by atoms with Crippen LogP contribution in [-0.2, 0) is 25.9 Å². The lowest BCUT2D eigenvalue weighted by molar-refractivity contribution is 0.0696. The van der Waals surface area contributed by atoms with Crippen molar-refractivity contribution in [2.45, 2.75) is 25.9 Å². The van der Waals surface area contributed by atoms with Gasteiger partial charge < -0.3 is 26.1 Å². The van der Waals surface area contributed by atoms with Crippen LogP contribution in [0.15, 0.2) is 146 Å². The van der Waals surface area contributed by atoms with E-state index < -0.39 is 5.97 Å². The SMILES string of the molecule is NCc1cc2cc[nH]c2cc1F.O=C(NCc1cc2cc[nH]c2cc1F)c1ccnc(Cc2ccc3ncc(Cl)cc3c2)c1.O=C(O)c1ccnc(Cc2ccc3ncc(Cl)cc3c2)c1. The Balaban J connectivity index is 0.000000149. The number of pyridine rings is 4. The van der Waals surface area contributed by atoms with Crippen molar-refractivity contribution >= 4 is 78.7 Å². The first kappa shape index (κ1) is 44.0. The Morgan fingerprint density at radius 3 is 1.65 bits per heavy atom. The van der Waals surface area contributed by atoms with Crippen LogP contribution in [0.2, 0.25) is 10.0 Å². The summed E-state index contributed by atoms with van der Waals surface area (Å²) in [6.07, 6.45) is 11.0. The molecule has 0 bridgehead atoms. The highest BCUT2D eigenvalue weighted by Gasteiger charge is 2.12. The van der Waals surface area contributed by atoms with Gasteiger partial charge in [0, 0.05) is 113 Å². The van der Waals surface area contributed by atoms with Crippen molar-refractivity contribution in [2.75, 3.05) is 0 Å². The van der Waals surface area contributed by atoms with Gasteiger partial charge in [-0.15, -0.1) is 0 Å². The van der Waals surface area contributed by atoms with Crippen molar-refractivity contribution < 1.29 is 23.5 Å². The Hall–Kier alpha value is -7.58. The molecular weight excluding hydrogens is 870 g/mol. The Bertz CT molecular complexity index is 3360. The summed E-state index contributed by atoms with van der Waals surface area (Å²) in [4.78, 5) is 46.7. The third-order valence-corrected chi connectivity index (χ3v) is 10.9. The van der Waals surface area contributed by atoms with Gasteiger partial charge in [0.15, 0.2) is 0 Å². The van der Waals surface area contributed by atoms with Crippen molar-refractivity contribution in [2.24, 2.45) is 5.73 Å². The Kier molecular flexibility index (Phi) is 13.5. The summed E-state index contributed by atoms with van der Waals surface area (Å²) in [6.45, 7) is 0.342. The van der Waals surface area contributed by atoms with E-state index in [1.807, 2.05) is 60.7 Å². The van der Waals surface area contributed by atoms with E-state index in [1.54, 1.807) is 61.3 Å². The number of hydrogen-bond donors (Lipinski definition) is 5. The highest BCUT2D eigenvalue weighted by Crippen LogP contribution is 2.23. The van der Waals surface area contributed by atoms with Gasteiger partial charge in [-0.3, -0.25) is 24.7 Å². The van der Waals surface area contributed by atoms with Crippen molar-refractivity contribution in [1.82, 2.24) is 35.2 Å². The first-order chi connectivity index (χ1) is 31.5. The molecule has 0 unspecified atom stereocenters. The maximum absolute atomic E-state index is 14.3. The minimum Gasteiger partial charge on any atom is -0.478 e. The zero-order chi connectivity index (χ0) is 45.5. The Morgan fingerprint density at radius 2 is 1.11 bits per heavy atom. The largest absolute Gasteiger partial charge is 0.478 e. The number of halogens is 4. The third-order valence-electron chi connectivity index (χ3n) is 10.4. The van der Waals surface area contributed by atoms with Crippen molar-refractivity contribution in [3.8, 4) is 0 Å². The van der Waals surface area contributed by atoms with Crippen LogP contribution in [0.25, 0.3) is 43.6 Å². The highest BCUT2D eigenvalue weighted by molar-refractivity contribution is 6.31. The van der Waals surface area contributed by atoms with Gasteiger partial charge in [-0.2, -0.15) is 0 Å². The number of nitrogens with one attached hydrogen (secondary N) is 3. The number of carbonyl (C=O) groups excluding carboxylic acids is 1. The van der Waals surface area contributed by atoms with Gasteiger partial charge in [-0.05, 0) is 119 Å². The minimum atomic E-state index is -0.951. The Labute approximate surface area is 380 Å². The number of carboxylic acids is 1. The van der Waals surface area contributed by atoms with Gasteiger partial charge >= 0.3 is 5.97 Å². The van der Waals surface area contributed by atoms with Crippen LogP contribution in [0.3, 0.4) is 0 Å². The molecule has 6 heterocycles. The van der Waals surface area contributed by atoms with Crippen LogP contribution in [0.5, 0.6) is 0 Å². The first-order valence-electron chi connectivity index (χ1n) is 20.2. The maximum atomic E-state index is 14.3. The van der Waals surface area contributed by atoms with E-state index in [4.69, 9.17) is 34.0 Å². The number of carbonyl (C=O) groups is 2. The second-order valence-electron chi connectivity index (χ2n) is 15.0. The molecule has 0 aliphatic rings. The molecule has 324 valence electrons. The number of nitrogens with two attached hydrogens (primary N) is 1. The summed E-state index contributed by atoms with van der Waals surface area (Å²) in [5.41, 5.74) is 13.9. The number of benzene rings is 4. The predicted octanol–water partition coefficient (Wildman–Crippen LogP) is 10.8. The van der Waals surface area contributed by atoms with E-state index in [9.17, 15) is 18.4 Å². The molecule has 10 aromatic rings. The molecule has 0 fully saturated rings. The van der Waals surface area contributed by atoms with Crippen LogP contribution in [0, 0.1) is 11.6 Å². The number of H-pyrrole nitrogens is 2. The molecular formula is C50H38Cl2F2N8O3. The third kappa shape index (κ3) is 11.0. The van der Waals surface area contributed by atoms with E-state index in [2.05, 4.69) is 35.2 Å². The number of amides is 1. The van der Waals surface area contributed by atoms with E-state index in [1.165, 1.54) is 24.4 Å². The quantitative estimate of drug-likeness (QED) is 0.0951. The van der Waals surface area contributed by atoms with Crippen molar-refractivity contribution in [3.05, 3.63) is 213 Å². The van der Waals surface area contributed by atoms with E-state index in [-0.39, 0.29) is 36.2 Å². The molecule has 65 heavy (non-hydrogen) atoms. The van der Waals surface area contributed by atoms with Gasteiger partial charge in [0.25, 0.3) is 5.91 Å². The molecule has 0 radical (unpaired) electrons. The lowest BCUT2D eigenvalue weighted by Gasteiger charge is -2.09. The monoisotopic (exact) mass is 906 g/mol. The average molecular weight is 908 g/mol. The number of aromatic carboxylic acids is 1. The summed E-state index contributed by atoms with van der Waals surface area (Å²) in [5.74, 6) is -1.83. The van der Waals surface area contributed by atoms with Gasteiger partial charge in [0.1, 0.15) is 11.6 Å². The van der Waals surface area contributed by atoms with Crippen molar-refractivity contribution in [3.63, 3.8) is 0 Å². The molecule has 0 spiro atoms. The van der Waals surface area contributed by atoms with Crippen LogP contribution in [0.4, 0.5) is 8.78 Å².